The van der Waals surface area contributed by atoms with Crippen molar-refractivity contribution in [3.8, 4) is 0 Å². The first-order valence-electron chi connectivity index (χ1n) is 1.13. The van der Waals surface area contributed by atoms with Gasteiger partial charge in [-0.05, 0) is 0 Å². The van der Waals surface area contributed by atoms with Crippen LogP contribution in [0.5, 0.6) is 0 Å². The van der Waals surface area contributed by atoms with Crippen molar-refractivity contribution >= 4 is 17.1 Å². The summed E-state index contributed by atoms with van der Waals surface area (Å²) < 4.78 is 0. The van der Waals surface area contributed by atoms with Crippen LogP contribution in [0.4, 0.5) is 0 Å². The zero-order valence-corrected chi connectivity index (χ0v) is 4.91. The Morgan fingerprint density at radius 1 is 1.00 bits per heavy atom. The maximum atomic E-state index is 7.62. The molecule has 0 aliphatic carbocycles. The monoisotopic (exact) mass is 144 g/mol. The van der Waals surface area contributed by atoms with Crippen molar-refractivity contribution in [2.45, 2.75) is 0 Å². The van der Waals surface area contributed by atoms with Crippen LogP contribution < -0.4 is 0 Å². The summed E-state index contributed by atoms with van der Waals surface area (Å²) in [5.74, 6) is 0. The first-order chi connectivity index (χ1) is 1.91. The number of hydrogen-bond acceptors (Lipinski definition) is 2. The van der Waals surface area contributed by atoms with Crippen molar-refractivity contribution in [2.75, 3.05) is 13.2 Å². The fourth-order valence-electron chi connectivity index (χ4n) is 0. The fourth-order valence-corrected chi connectivity index (χ4v) is 0. The Balaban J connectivity index is 0. The molecule has 0 atom stereocenters. The Morgan fingerprint density at radius 3 is 1.20 bits per heavy atom. The van der Waals surface area contributed by atoms with Crippen LogP contribution in [-0.2, 0) is 0 Å². The molecule has 0 aromatic rings. The maximum absolute atomic E-state index is 7.62. The van der Waals surface area contributed by atoms with Gasteiger partial charge in [-0.3, -0.25) is 0 Å². The quantitative estimate of drug-likeness (QED) is 0.419. The molecule has 0 saturated heterocycles. The number of rotatable bonds is 1. The Bertz CT molecular complexity index is 9.61. The topological polar surface area (TPSA) is 40.5 Å². The third-order valence-corrected chi connectivity index (χ3v) is 0.1000. The Kier molecular flexibility index (Phi) is 16.0. The van der Waals surface area contributed by atoms with E-state index in [0.29, 0.717) is 0 Å². The third kappa shape index (κ3) is 12.8. The summed E-state index contributed by atoms with van der Waals surface area (Å²) >= 11 is 0. The van der Waals surface area contributed by atoms with E-state index in [1.807, 2.05) is 0 Å². The molecule has 0 aliphatic rings. The summed E-state index contributed by atoms with van der Waals surface area (Å²) in [4.78, 5) is 0. The molecule has 2 N–H and O–H groups in total. The molecular weight excluding hydrogens is 135 g/mol. The molecule has 0 unspecified atom stereocenters. The van der Waals surface area contributed by atoms with Crippen LogP contribution in [-0.4, -0.2) is 40.5 Å². The van der Waals surface area contributed by atoms with E-state index in [0.717, 1.165) is 0 Å². The Hall–Kier alpha value is 0.439. The van der Waals surface area contributed by atoms with Gasteiger partial charge in [-0.1, -0.05) is 0 Å². The molecule has 0 amide bonds. The molecule has 0 rings (SSSR count). The van der Waals surface area contributed by atoms with Crippen LogP contribution in [0.15, 0.2) is 0 Å². The van der Waals surface area contributed by atoms with Crippen molar-refractivity contribution in [3.63, 3.8) is 0 Å². The predicted molar refractivity (Wildman–Crippen MR) is 22.7 cm³/mol. The van der Waals surface area contributed by atoms with Gasteiger partial charge in [0.1, 0.15) is 0 Å². The minimum atomic E-state index is -0.125. The van der Waals surface area contributed by atoms with Gasteiger partial charge >= 0.3 is 17.1 Å². The van der Waals surface area contributed by atoms with E-state index in [9.17, 15) is 0 Å². The second-order valence-corrected chi connectivity index (χ2v) is 0.447. The van der Waals surface area contributed by atoms with Crippen LogP contribution in [0.25, 0.3) is 0 Å². The molecule has 0 aromatic heterocycles. The van der Waals surface area contributed by atoms with Crippen molar-refractivity contribution in [3.05, 3.63) is 0 Å². The van der Waals surface area contributed by atoms with Crippen LogP contribution in [0, 0.1) is 0 Å². The van der Waals surface area contributed by atoms with Gasteiger partial charge < -0.3 is 10.2 Å². The summed E-state index contributed by atoms with van der Waals surface area (Å²) in [6, 6.07) is 0. The summed E-state index contributed by atoms with van der Waals surface area (Å²) in [5, 5.41) is 15.2. The van der Waals surface area contributed by atoms with Gasteiger partial charge in [-0.25, -0.2) is 0 Å². The summed E-state index contributed by atoms with van der Waals surface area (Å²) in [7, 11) is 0. The molecule has 3 heteroatoms. The number of aliphatic hydroxyl groups is 2. The second-order valence-electron chi connectivity index (χ2n) is 0.447. The first kappa shape index (κ1) is 9.06. The van der Waals surface area contributed by atoms with Gasteiger partial charge in [0, 0.05) is 0 Å². The van der Waals surface area contributed by atoms with Gasteiger partial charge in [0.05, 0.1) is 13.2 Å². The van der Waals surface area contributed by atoms with Gasteiger partial charge in [-0.15, -0.1) is 0 Å². The predicted octanol–water partition coefficient (Wildman–Crippen LogP) is -1.95. The van der Waals surface area contributed by atoms with Crippen LogP contribution in [0.3, 0.4) is 0 Å². The Morgan fingerprint density at radius 2 is 1.20 bits per heavy atom. The van der Waals surface area contributed by atoms with Crippen LogP contribution >= 0.6 is 0 Å². The number of hydrogen-bond donors (Lipinski definition) is 2. The van der Waals surface area contributed by atoms with Gasteiger partial charge in [-0.2, -0.15) is 0 Å². The molecule has 0 aromatic carbocycles. The Labute approximate surface area is 41.3 Å². The third-order valence-electron chi connectivity index (χ3n) is 0.1000. The second kappa shape index (κ2) is 8.83. The fraction of sp³-hybridized carbons (Fsp3) is 1.00. The van der Waals surface area contributed by atoms with E-state index in [2.05, 4.69) is 0 Å². The first-order valence-corrected chi connectivity index (χ1v) is 1.13. The average molecular weight is 143 g/mol. The summed E-state index contributed by atoms with van der Waals surface area (Å²) in [6.45, 7) is -0.250. The zero-order chi connectivity index (χ0) is 3.41. The van der Waals surface area contributed by atoms with Crippen molar-refractivity contribution in [2.24, 2.45) is 0 Å². The molecule has 2 nitrogen and oxygen atoms in total. The molecule has 5 heavy (non-hydrogen) atoms. The zero-order valence-electron chi connectivity index (χ0n) is 2.81. The molecule has 0 spiro atoms. The molecule has 0 radical (unpaired) electrons. The van der Waals surface area contributed by atoms with E-state index in [1.54, 1.807) is 0 Å². The minimum absolute atomic E-state index is 0. The molecule has 0 fully saturated rings. The molecule has 0 aliphatic heterocycles. The van der Waals surface area contributed by atoms with Gasteiger partial charge in [0.2, 0.25) is 0 Å². The molecular formula is C2H8O2Se. The molecule has 0 saturated carbocycles. The SMILES string of the molecule is OCCO.[SeH2]. The molecule has 0 heterocycles. The van der Waals surface area contributed by atoms with Crippen LogP contribution in [0.2, 0.25) is 0 Å². The summed E-state index contributed by atoms with van der Waals surface area (Å²) in [5.41, 5.74) is 0. The van der Waals surface area contributed by atoms with Crippen molar-refractivity contribution in [1.29, 1.82) is 0 Å². The number of aliphatic hydroxyl groups excluding tert-OH is 2. The summed E-state index contributed by atoms with van der Waals surface area (Å²) in [6.07, 6.45) is 0. The average Bonchev–Trinajstić information content (AvgIpc) is 1.37. The van der Waals surface area contributed by atoms with E-state index < -0.39 is 0 Å². The van der Waals surface area contributed by atoms with Crippen molar-refractivity contribution in [1.82, 2.24) is 0 Å². The van der Waals surface area contributed by atoms with Crippen LogP contribution in [0.1, 0.15) is 0 Å². The normalized spacial score (nSPS) is 6.00. The van der Waals surface area contributed by atoms with E-state index in [1.165, 1.54) is 0 Å². The van der Waals surface area contributed by atoms with E-state index >= 15 is 0 Å². The standard InChI is InChI=1S/C2H6O2.H2Se/c3-1-2-4;/h3-4H,1-2H2;1H2. The van der Waals surface area contributed by atoms with Gasteiger partial charge in [0.25, 0.3) is 0 Å². The van der Waals surface area contributed by atoms with E-state index in [4.69, 9.17) is 10.2 Å². The van der Waals surface area contributed by atoms with Crippen molar-refractivity contribution < 1.29 is 10.2 Å². The molecule has 0 bridgehead atoms. The molecule has 34 valence electrons. The van der Waals surface area contributed by atoms with Gasteiger partial charge in [0.15, 0.2) is 0 Å². The van der Waals surface area contributed by atoms with E-state index in [-0.39, 0.29) is 30.3 Å².